The van der Waals surface area contributed by atoms with Gasteiger partial charge in [0.05, 0.1) is 23.4 Å². The number of rotatable bonds is 3. The van der Waals surface area contributed by atoms with Gasteiger partial charge in [-0.2, -0.15) is 0 Å². The molecule has 1 aromatic heterocycles. The van der Waals surface area contributed by atoms with Crippen molar-refractivity contribution in [2.75, 3.05) is 18.1 Å². The highest BCUT2D eigenvalue weighted by molar-refractivity contribution is 7.22. The van der Waals surface area contributed by atoms with E-state index >= 15 is 0 Å². The number of nitrogens with zero attached hydrogens (tertiary/aromatic N) is 2. The molecule has 20 heavy (non-hydrogen) atoms. The predicted octanol–water partition coefficient (Wildman–Crippen LogP) is 3.03. The van der Waals surface area contributed by atoms with E-state index in [1.54, 1.807) is 20.8 Å². The summed E-state index contributed by atoms with van der Waals surface area (Å²) in [5.41, 5.74) is 0.251. The molecule has 0 unspecified atom stereocenters. The standard InChI is InChI=1S/C14H18N2O3S/c1-14(2,3)19-13(18)16(8-9-17)12-15-10-6-4-5-7-11(10)20-12/h4-7,17H,8-9H2,1-3H3. The molecule has 0 saturated carbocycles. The first kappa shape index (κ1) is 14.7. The molecule has 0 aliphatic carbocycles. The highest BCUT2D eigenvalue weighted by Crippen LogP contribution is 2.29. The third kappa shape index (κ3) is 3.46. The lowest BCUT2D eigenvalue weighted by Gasteiger charge is -2.25. The molecule has 2 aromatic rings. The van der Waals surface area contributed by atoms with Crippen LogP contribution in [0.3, 0.4) is 0 Å². The van der Waals surface area contributed by atoms with Gasteiger partial charge in [0.1, 0.15) is 5.60 Å². The first-order chi connectivity index (χ1) is 9.40. The summed E-state index contributed by atoms with van der Waals surface area (Å²) < 4.78 is 6.34. The molecule has 0 aliphatic heterocycles. The SMILES string of the molecule is CC(C)(C)OC(=O)N(CCO)c1nc2ccccc2s1. The number of thiazole rings is 1. The molecular weight excluding hydrogens is 276 g/mol. The van der Waals surface area contributed by atoms with Crippen LogP contribution in [0.1, 0.15) is 20.8 Å². The first-order valence-electron chi connectivity index (χ1n) is 6.37. The van der Waals surface area contributed by atoms with Crippen molar-refractivity contribution in [1.82, 2.24) is 4.98 Å². The quantitative estimate of drug-likeness (QED) is 0.945. The molecule has 0 aliphatic rings. The van der Waals surface area contributed by atoms with Gasteiger partial charge in [0.25, 0.3) is 0 Å². The van der Waals surface area contributed by atoms with Crippen LogP contribution in [0, 0.1) is 0 Å². The molecule has 108 valence electrons. The van der Waals surface area contributed by atoms with Crippen molar-refractivity contribution in [3.05, 3.63) is 24.3 Å². The zero-order valence-corrected chi connectivity index (χ0v) is 12.6. The lowest BCUT2D eigenvalue weighted by atomic mass is 10.2. The van der Waals surface area contributed by atoms with Crippen LogP contribution in [0.25, 0.3) is 10.2 Å². The summed E-state index contributed by atoms with van der Waals surface area (Å²) in [6, 6.07) is 7.66. The van der Waals surface area contributed by atoms with E-state index in [0.29, 0.717) is 5.13 Å². The number of fused-ring (bicyclic) bond motifs is 1. The van der Waals surface area contributed by atoms with Crippen LogP contribution < -0.4 is 4.90 Å². The third-order valence-electron chi connectivity index (χ3n) is 2.45. The molecule has 0 saturated heterocycles. The average molecular weight is 294 g/mol. The maximum absolute atomic E-state index is 12.2. The zero-order valence-electron chi connectivity index (χ0n) is 11.8. The Morgan fingerprint density at radius 1 is 1.40 bits per heavy atom. The maximum atomic E-state index is 12.2. The summed E-state index contributed by atoms with van der Waals surface area (Å²) in [4.78, 5) is 18.0. The molecule has 1 amide bonds. The Hall–Kier alpha value is -1.66. The second-order valence-corrected chi connectivity index (χ2v) is 6.33. The number of aromatic nitrogens is 1. The van der Waals surface area contributed by atoms with Gasteiger partial charge in [-0.05, 0) is 32.9 Å². The lowest BCUT2D eigenvalue weighted by molar-refractivity contribution is 0.0573. The van der Waals surface area contributed by atoms with Gasteiger partial charge in [0.2, 0.25) is 0 Å². The van der Waals surface area contributed by atoms with Gasteiger partial charge in [0, 0.05) is 0 Å². The van der Waals surface area contributed by atoms with Crippen LogP contribution in [-0.4, -0.2) is 34.9 Å². The average Bonchev–Trinajstić information content (AvgIpc) is 2.76. The number of benzene rings is 1. The third-order valence-corrected chi connectivity index (χ3v) is 3.51. The lowest BCUT2D eigenvalue weighted by Crippen LogP contribution is -2.38. The van der Waals surface area contributed by atoms with E-state index in [1.165, 1.54) is 16.2 Å². The molecule has 5 nitrogen and oxygen atoms in total. The number of anilines is 1. The van der Waals surface area contributed by atoms with Crippen molar-refractivity contribution in [3.63, 3.8) is 0 Å². The largest absolute Gasteiger partial charge is 0.443 e. The highest BCUT2D eigenvalue weighted by atomic mass is 32.1. The molecule has 6 heteroatoms. The van der Waals surface area contributed by atoms with Crippen LogP contribution in [-0.2, 0) is 4.74 Å². The summed E-state index contributed by atoms with van der Waals surface area (Å²) in [6.07, 6.45) is -0.495. The Morgan fingerprint density at radius 3 is 2.70 bits per heavy atom. The van der Waals surface area contributed by atoms with Gasteiger partial charge in [-0.15, -0.1) is 0 Å². The molecule has 0 spiro atoms. The smallest absolute Gasteiger partial charge is 0.416 e. The molecule has 1 aromatic carbocycles. The molecule has 0 atom stereocenters. The van der Waals surface area contributed by atoms with Crippen LogP contribution in [0.2, 0.25) is 0 Å². The molecule has 0 fully saturated rings. The van der Waals surface area contributed by atoms with Gasteiger partial charge < -0.3 is 9.84 Å². The number of para-hydroxylation sites is 1. The number of amides is 1. The van der Waals surface area contributed by atoms with E-state index in [0.717, 1.165) is 10.2 Å². The van der Waals surface area contributed by atoms with E-state index in [1.807, 2.05) is 24.3 Å². The first-order valence-corrected chi connectivity index (χ1v) is 7.19. The van der Waals surface area contributed by atoms with E-state index in [9.17, 15) is 4.79 Å². The van der Waals surface area contributed by atoms with E-state index in [2.05, 4.69) is 4.98 Å². The monoisotopic (exact) mass is 294 g/mol. The number of ether oxygens (including phenoxy) is 1. The molecule has 0 bridgehead atoms. The fourth-order valence-corrected chi connectivity index (χ4v) is 2.64. The van der Waals surface area contributed by atoms with Crippen molar-refractivity contribution >= 4 is 32.8 Å². The van der Waals surface area contributed by atoms with Crippen molar-refractivity contribution in [3.8, 4) is 0 Å². The van der Waals surface area contributed by atoms with Crippen molar-refractivity contribution in [1.29, 1.82) is 0 Å². The van der Waals surface area contributed by atoms with Crippen LogP contribution in [0.4, 0.5) is 9.93 Å². The van der Waals surface area contributed by atoms with Crippen molar-refractivity contribution in [2.45, 2.75) is 26.4 Å². The second kappa shape index (κ2) is 5.76. The summed E-state index contributed by atoms with van der Waals surface area (Å²) in [5.74, 6) is 0. The summed E-state index contributed by atoms with van der Waals surface area (Å²) >= 11 is 1.40. The van der Waals surface area contributed by atoms with Crippen LogP contribution in [0.15, 0.2) is 24.3 Å². The summed E-state index contributed by atoms with van der Waals surface area (Å²) in [5, 5.41) is 9.68. The van der Waals surface area contributed by atoms with Crippen LogP contribution >= 0.6 is 11.3 Å². The molecule has 2 rings (SSSR count). The minimum Gasteiger partial charge on any atom is -0.443 e. The summed E-state index contributed by atoms with van der Waals surface area (Å²) in [7, 11) is 0. The van der Waals surface area contributed by atoms with Gasteiger partial charge in [-0.3, -0.25) is 4.90 Å². The number of carbonyl (C=O) groups excluding carboxylic acids is 1. The number of aliphatic hydroxyl groups is 1. The molecule has 1 N–H and O–H groups in total. The van der Waals surface area contributed by atoms with Crippen molar-refractivity contribution in [2.24, 2.45) is 0 Å². The normalized spacial score (nSPS) is 11.6. The van der Waals surface area contributed by atoms with E-state index in [4.69, 9.17) is 9.84 Å². The van der Waals surface area contributed by atoms with Gasteiger partial charge >= 0.3 is 6.09 Å². The predicted molar refractivity (Wildman–Crippen MR) is 80.3 cm³/mol. The highest BCUT2D eigenvalue weighted by Gasteiger charge is 2.25. The summed E-state index contributed by atoms with van der Waals surface area (Å²) in [6.45, 7) is 5.44. The fourth-order valence-electron chi connectivity index (χ4n) is 1.66. The zero-order chi connectivity index (χ0) is 14.8. The van der Waals surface area contributed by atoms with E-state index in [-0.39, 0.29) is 13.2 Å². The van der Waals surface area contributed by atoms with Gasteiger partial charge in [-0.25, -0.2) is 9.78 Å². The Bertz CT molecular complexity index is 571. The number of hydrogen-bond acceptors (Lipinski definition) is 5. The minimum atomic E-state index is -0.582. The Labute approximate surface area is 121 Å². The topological polar surface area (TPSA) is 62.7 Å². The Balaban J connectivity index is 2.30. The van der Waals surface area contributed by atoms with E-state index < -0.39 is 11.7 Å². The Kier molecular flexibility index (Phi) is 4.25. The molecule has 1 heterocycles. The fraction of sp³-hybridized carbons (Fsp3) is 0.429. The maximum Gasteiger partial charge on any atom is 0.416 e. The Morgan fingerprint density at radius 2 is 2.10 bits per heavy atom. The molecule has 0 radical (unpaired) electrons. The van der Waals surface area contributed by atoms with Crippen LogP contribution in [0.5, 0.6) is 0 Å². The number of carbonyl (C=O) groups is 1. The second-order valence-electron chi connectivity index (χ2n) is 5.32. The van der Waals surface area contributed by atoms with Gasteiger partial charge in [-0.1, -0.05) is 23.5 Å². The minimum absolute atomic E-state index is 0.144. The number of aliphatic hydroxyl groups excluding tert-OH is 1. The number of hydrogen-bond donors (Lipinski definition) is 1. The van der Waals surface area contributed by atoms with Gasteiger partial charge in [0.15, 0.2) is 5.13 Å². The molecular formula is C14H18N2O3S. The van der Waals surface area contributed by atoms with Crippen molar-refractivity contribution < 1.29 is 14.6 Å².